The molecule has 0 unspecified atom stereocenters. The fourth-order valence-electron chi connectivity index (χ4n) is 2.57. The number of halogens is 1. The molecule has 1 amide bonds. The molecule has 0 radical (unpaired) electrons. The van der Waals surface area contributed by atoms with Crippen LogP contribution < -0.4 is 24.3 Å². The minimum atomic E-state index is -0.720. The number of ether oxygens (including phenoxy) is 5. The van der Waals surface area contributed by atoms with Crippen LogP contribution in [-0.4, -0.2) is 38.5 Å². The van der Waals surface area contributed by atoms with Crippen LogP contribution >= 0.6 is 11.6 Å². The second-order valence-electron chi connectivity index (χ2n) is 6.35. The van der Waals surface area contributed by atoms with E-state index in [0.29, 0.717) is 28.7 Å². The molecular formula is C20H20ClNO7. The van der Waals surface area contributed by atoms with Crippen molar-refractivity contribution >= 4 is 29.2 Å². The van der Waals surface area contributed by atoms with Crippen molar-refractivity contribution < 1.29 is 33.3 Å². The number of fused-ring (bicyclic) bond motifs is 1. The van der Waals surface area contributed by atoms with Crippen molar-refractivity contribution in [1.82, 2.24) is 0 Å². The Kier molecular flexibility index (Phi) is 6.33. The van der Waals surface area contributed by atoms with Gasteiger partial charge in [-0.2, -0.15) is 0 Å². The maximum absolute atomic E-state index is 12.3. The molecule has 1 heterocycles. The predicted molar refractivity (Wildman–Crippen MR) is 105 cm³/mol. The Balaban J connectivity index is 1.61. The van der Waals surface area contributed by atoms with Crippen molar-refractivity contribution in [3.63, 3.8) is 0 Å². The molecule has 0 fully saturated rings. The summed E-state index contributed by atoms with van der Waals surface area (Å²) in [6.45, 7) is 3.35. The molecule has 1 N–H and O–H groups in total. The molecule has 154 valence electrons. The van der Waals surface area contributed by atoms with Crippen LogP contribution in [0.1, 0.15) is 24.2 Å². The van der Waals surface area contributed by atoms with Crippen LogP contribution in [0.4, 0.5) is 5.69 Å². The largest absolute Gasteiger partial charge is 0.493 e. The van der Waals surface area contributed by atoms with E-state index in [1.807, 2.05) is 13.8 Å². The zero-order chi connectivity index (χ0) is 21.0. The van der Waals surface area contributed by atoms with Gasteiger partial charge in [0.15, 0.2) is 29.6 Å². The Bertz CT molecular complexity index is 929. The highest BCUT2D eigenvalue weighted by atomic mass is 35.5. The summed E-state index contributed by atoms with van der Waals surface area (Å²) in [7, 11) is 1.44. The lowest BCUT2D eigenvalue weighted by molar-refractivity contribution is -0.119. The molecule has 29 heavy (non-hydrogen) atoms. The Morgan fingerprint density at radius 2 is 1.93 bits per heavy atom. The summed E-state index contributed by atoms with van der Waals surface area (Å²) in [6.07, 6.45) is -0.126. The third-order valence-electron chi connectivity index (χ3n) is 3.81. The first-order valence-electron chi connectivity index (χ1n) is 8.78. The normalized spacial score (nSPS) is 11.9. The molecule has 1 aliphatic rings. The van der Waals surface area contributed by atoms with Crippen LogP contribution in [0.2, 0.25) is 5.02 Å². The molecule has 8 nitrogen and oxygen atoms in total. The smallest absolute Gasteiger partial charge is 0.338 e. The molecule has 0 saturated heterocycles. The SMILES string of the molecule is COc1cc(C(=O)OCC(=O)Nc2ccc3c(c2)OCO3)cc(Cl)c1OC(C)C. The summed E-state index contributed by atoms with van der Waals surface area (Å²) >= 11 is 6.20. The van der Waals surface area contributed by atoms with E-state index in [1.165, 1.54) is 19.2 Å². The fourth-order valence-corrected chi connectivity index (χ4v) is 2.83. The molecule has 0 spiro atoms. The number of hydrogen-bond acceptors (Lipinski definition) is 7. The highest BCUT2D eigenvalue weighted by molar-refractivity contribution is 6.32. The standard InChI is InChI=1S/C20H20ClNO7/c1-11(2)29-19-14(21)6-12(7-17(19)25-3)20(24)26-9-18(23)22-13-4-5-15-16(8-13)28-10-27-15/h4-8,11H,9-10H2,1-3H3,(H,22,23). The first-order chi connectivity index (χ1) is 13.9. The van der Waals surface area contributed by atoms with Crippen molar-refractivity contribution in [2.24, 2.45) is 0 Å². The fraction of sp³-hybridized carbons (Fsp3) is 0.300. The quantitative estimate of drug-likeness (QED) is 0.682. The topological polar surface area (TPSA) is 92.3 Å². The number of methoxy groups -OCH3 is 1. The lowest BCUT2D eigenvalue weighted by Crippen LogP contribution is -2.21. The van der Waals surface area contributed by atoms with Crippen LogP contribution in [0.15, 0.2) is 30.3 Å². The molecule has 0 aliphatic carbocycles. The van der Waals surface area contributed by atoms with Gasteiger partial charge in [-0.1, -0.05) is 11.6 Å². The second kappa shape index (κ2) is 8.91. The Hall–Kier alpha value is -3.13. The Morgan fingerprint density at radius 3 is 2.66 bits per heavy atom. The molecule has 0 aromatic heterocycles. The highest BCUT2D eigenvalue weighted by Crippen LogP contribution is 2.37. The number of benzene rings is 2. The Labute approximate surface area is 172 Å². The number of carbonyl (C=O) groups excluding carboxylic acids is 2. The summed E-state index contributed by atoms with van der Waals surface area (Å²) in [5, 5.41) is 2.82. The van der Waals surface area contributed by atoms with E-state index in [2.05, 4.69) is 5.32 Å². The van der Waals surface area contributed by atoms with Gasteiger partial charge in [0.05, 0.1) is 23.8 Å². The summed E-state index contributed by atoms with van der Waals surface area (Å²) in [4.78, 5) is 24.4. The average Bonchev–Trinajstić information content (AvgIpc) is 3.15. The van der Waals surface area contributed by atoms with Crippen LogP contribution in [0, 0.1) is 0 Å². The van der Waals surface area contributed by atoms with Crippen LogP contribution in [0.25, 0.3) is 0 Å². The maximum atomic E-state index is 12.3. The van der Waals surface area contributed by atoms with Gasteiger partial charge in [-0.15, -0.1) is 0 Å². The maximum Gasteiger partial charge on any atom is 0.338 e. The van der Waals surface area contributed by atoms with Gasteiger partial charge < -0.3 is 29.0 Å². The van der Waals surface area contributed by atoms with Crippen LogP contribution in [0.3, 0.4) is 0 Å². The Morgan fingerprint density at radius 1 is 1.17 bits per heavy atom. The van der Waals surface area contributed by atoms with Crippen LogP contribution in [0.5, 0.6) is 23.0 Å². The van der Waals surface area contributed by atoms with Gasteiger partial charge in [-0.25, -0.2) is 4.79 Å². The number of amides is 1. The second-order valence-corrected chi connectivity index (χ2v) is 6.76. The van der Waals surface area contributed by atoms with Crippen molar-refractivity contribution in [2.45, 2.75) is 20.0 Å². The number of rotatable bonds is 7. The first-order valence-corrected chi connectivity index (χ1v) is 9.16. The number of esters is 1. The van der Waals surface area contributed by atoms with E-state index in [0.717, 1.165) is 0 Å². The minimum absolute atomic E-state index is 0.126. The molecule has 3 rings (SSSR count). The van der Waals surface area contributed by atoms with E-state index < -0.39 is 18.5 Å². The summed E-state index contributed by atoms with van der Waals surface area (Å²) in [5.74, 6) is 0.539. The molecule has 0 bridgehead atoms. The van der Waals surface area contributed by atoms with Gasteiger partial charge >= 0.3 is 5.97 Å². The molecule has 2 aromatic rings. The van der Waals surface area contributed by atoms with Gasteiger partial charge in [0.25, 0.3) is 5.91 Å². The van der Waals surface area contributed by atoms with Gasteiger partial charge in [0.1, 0.15) is 0 Å². The molecule has 1 aliphatic heterocycles. The number of anilines is 1. The molecule has 0 saturated carbocycles. The molecule has 0 atom stereocenters. The van der Waals surface area contributed by atoms with Gasteiger partial charge in [-0.05, 0) is 38.1 Å². The lowest BCUT2D eigenvalue weighted by Gasteiger charge is -2.16. The zero-order valence-corrected chi connectivity index (χ0v) is 16.9. The molecule has 2 aromatic carbocycles. The number of hydrogen-bond donors (Lipinski definition) is 1. The zero-order valence-electron chi connectivity index (χ0n) is 16.1. The van der Waals surface area contributed by atoms with Gasteiger partial charge in [0.2, 0.25) is 6.79 Å². The molecular weight excluding hydrogens is 402 g/mol. The van der Waals surface area contributed by atoms with Crippen molar-refractivity contribution in [3.05, 3.63) is 40.9 Å². The summed E-state index contributed by atoms with van der Waals surface area (Å²) in [6, 6.07) is 7.81. The first kappa shape index (κ1) is 20.6. The van der Waals surface area contributed by atoms with Gasteiger partial charge in [-0.3, -0.25) is 4.79 Å². The monoisotopic (exact) mass is 421 g/mol. The van der Waals surface area contributed by atoms with E-state index >= 15 is 0 Å². The third-order valence-corrected chi connectivity index (χ3v) is 4.09. The highest BCUT2D eigenvalue weighted by Gasteiger charge is 2.19. The van der Waals surface area contributed by atoms with Crippen molar-refractivity contribution in [3.8, 4) is 23.0 Å². The predicted octanol–water partition coefficient (Wildman–Crippen LogP) is 3.66. The van der Waals surface area contributed by atoms with Gasteiger partial charge in [0, 0.05) is 11.8 Å². The van der Waals surface area contributed by atoms with E-state index in [9.17, 15) is 9.59 Å². The number of nitrogens with one attached hydrogen (secondary N) is 1. The lowest BCUT2D eigenvalue weighted by atomic mass is 10.2. The summed E-state index contributed by atoms with van der Waals surface area (Å²) in [5.41, 5.74) is 0.633. The van der Waals surface area contributed by atoms with Crippen molar-refractivity contribution in [1.29, 1.82) is 0 Å². The number of carbonyl (C=O) groups is 2. The van der Waals surface area contributed by atoms with E-state index in [1.54, 1.807) is 18.2 Å². The van der Waals surface area contributed by atoms with Crippen LogP contribution in [-0.2, 0) is 9.53 Å². The minimum Gasteiger partial charge on any atom is -0.493 e. The van der Waals surface area contributed by atoms with E-state index in [-0.39, 0.29) is 23.5 Å². The third kappa shape index (κ3) is 5.03. The average molecular weight is 422 g/mol. The molecule has 9 heteroatoms. The van der Waals surface area contributed by atoms with Crippen molar-refractivity contribution in [2.75, 3.05) is 25.8 Å². The van der Waals surface area contributed by atoms with E-state index in [4.69, 9.17) is 35.3 Å². The summed E-state index contributed by atoms with van der Waals surface area (Å²) < 4.78 is 26.4.